The predicted octanol–water partition coefficient (Wildman–Crippen LogP) is 3.24. The molecule has 9 heavy (non-hydrogen) atoms. The average Bonchev–Trinajstić information content (AvgIpc) is 1.85. The Morgan fingerprint density at radius 3 is 2.78 bits per heavy atom. The summed E-state index contributed by atoms with van der Waals surface area (Å²) in [5.74, 6) is 2.94. The van der Waals surface area contributed by atoms with Crippen molar-refractivity contribution in [1.82, 2.24) is 0 Å². The molecule has 0 aromatic heterocycles. The van der Waals surface area contributed by atoms with Gasteiger partial charge in [-0.05, 0) is 12.1 Å². The molecule has 0 spiro atoms. The van der Waals surface area contributed by atoms with Crippen LogP contribution in [0.4, 0.5) is 0 Å². The molecule has 0 amide bonds. The van der Waals surface area contributed by atoms with Crippen LogP contribution in [0.25, 0.3) is 0 Å². The molecule has 0 aromatic carbocycles. The van der Waals surface area contributed by atoms with E-state index in [1.54, 1.807) is 0 Å². The summed E-state index contributed by atoms with van der Waals surface area (Å²) in [6.45, 7) is 8.27. The second kappa shape index (κ2) is 6.29. The van der Waals surface area contributed by atoms with Gasteiger partial charge in [-0.1, -0.05) is 47.7 Å². The first-order valence-corrected chi connectivity index (χ1v) is 4.94. The van der Waals surface area contributed by atoms with Crippen molar-refractivity contribution in [3.8, 4) is 0 Å². The Hall–Kier alpha value is 0.170. The molecular weight excluding hydrogens is 127 g/mol. The van der Waals surface area contributed by atoms with Crippen molar-refractivity contribution in [2.45, 2.75) is 26.7 Å². The van der Waals surface area contributed by atoms with Crippen molar-refractivity contribution in [3.05, 3.63) is 12.4 Å². The zero-order chi connectivity index (χ0) is 7.11. The Labute approximate surface area is 60.5 Å². The molecule has 2 atom stereocenters. The van der Waals surface area contributed by atoms with E-state index < -0.39 is 0 Å². The first kappa shape index (κ1) is 9.17. The molecule has 0 aromatic rings. The molecule has 0 aliphatic heterocycles. The van der Waals surface area contributed by atoms with Gasteiger partial charge in [-0.3, -0.25) is 0 Å². The second-order valence-electron chi connectivity index (χ2n) is 2.51. The zero-order valence-corrected chi connectivity index (χ0v) is 7.48. The van der Waals surface area contributed by atoms with Crippen LogP contribution < -0.4 is 0 Å². The average molecular weight is 144 g/mol. The third kappa shape index (κ3) is 6.05. The highest BCUT2D eigenvalue weighted by molar-refractivity contribution is 7.41. The summed E-state index contributed by atoms with van der Waals surface area (Å²) >= 11 is 0. The lowest BCUT2D eigenvalue weighted by atomic mass is 10.1. The van der Waals surface area contributed by atoms with Crippen LogP contribution in [0, 0.1) is 5.92 Å². The van der Waals surface area contributed by atoms with Gasteiger partial charge in [0.1, 0.15) is 0 Å². The number of hydrogen-bond donors (Lipinski definition) is 0. The van der Waals surface area contributed by atoms with E-state index in [9.17, 15) is 0 Å². The van der Waals surface area contributed by atoms with Gasteiger partial charge in [0.15, 0.2) is 0 Å². The predicted molar refractivity (Wildman–Crippen MR) is 47.5 cm³/mol. The molecule has 1 heteroatoms. The van der Waals surface area contributed by atoms with Crippen LogP contribution in [0.15, 0.2) is 12.4 Å². The fraction of sp³-hybridized carbons (Fsp3) is 0.750. The summed E-state index contributed by atoms with van der Waals surface area (Å²) in [6, 6.07) is 0. The summed E-state index contributed by atoms with van der Waals surface area (Å²) in [5.41, 5.74) is 0. The highest BCUT2D eigenvalue weighted by atomic mass is 31.1. The van der Waals surface area contributed by atoms with Crippen LogP contribution in [-0.2, 0) is 0 Å². The van der Waals surface area contributed by atoms with Crippen LogP contribution in [-0.4, -0.2) is 6.16 Å². The molecule has 0 rings (SSSR count). The van der Waals surface area contributed by atoms with Crippen LogP contribution in [0.1, 0.15) is 26.7 Å². The molecule has 0 radical (unpaired) electrons. The van der Waals surface area contributed by atoms with E-state index in [1.807, 2.05) is 5.82 Å². The minimum Gasteiger partial charge on any atom is -0.0988 e. The molecule has 54 valence electrons. The SMILES string of the molecule is C=CPCC(C)CCC. The standard InChI is InChI=1S/C8H17P/c1-4-6-8(3)7-9-5-2/h5,8-9H,2,4,6-7H2,1,3H3. The molecule has 0 bridgehead atoms. The fourth-order valence-electron chi connectivity index (χ4n) is 0.879. The van der Waals surface area contributed by atoms with E-state index in [4.69, 9.17) is 0 Å². The van der Waals surface area contributed by atoms with Gasteiger partial charge in [0.25, 0.3) is 0 Å². The maximum atomic E-state index is 3.71. The molecule has 0 heterocycles. The zero-order valence-electron chi connectivity index (χ0n) is 6.48. The lowest BCUT2D eigenvalue weighted by molar-refractivity contribution is 0.584. The number of rotatable bonds is 5. The molecular formula is C8H17P. The van der Waals surface area contributed by atoms with Crippen molar-refractivity contribution in [2.24, 2.45) is 5.92 Å². The Morgan fingerprint density at radius 2 is 2.33 bits per heavy atom. The summed E-state index contributed by atoms with van der Waals surface area (Å²) in [4.78, 5) is 0. The first-order chi connectivity index (χ1) is 4.31. The van der Waals surface area contributed by atoms with Gasteiger partial charge in [-0.25, -0.2) is 0 Å². The molecule has 0 saturated carbocycles. The van der Waals surface area contributed by atoms with Crippen molar-refractivity contribution in [1.29, 1.82) is 0 Å². The van der Waals surface area contributed by atoms with Gasteiger partial charge in [0.2, 0.25) is 0 Å². The largest absolute Gasteiger partial charge is 0.0988 e. The molecule has 0 fully saturated rings. The summed E-state index contributed by atoms with van der Waals surface area (Å²) in [7, 11) is 0.969. The van der Waals surface area contributed by atoms with E-state index in [0.29, 0.717) is 0 Å². The van der Waals surface area contributed by atoms with E-state index in [-0.39, 0.29) is 0 Å². The molecule has 0 aliphatic rings. The maximum absolute atomic E-state index is 3.71. The molecule has 2 unspecified atom stereocenters. The third-order valence-corrected chi connectivity index (χ3v) is 2.61. The Bertz CT molecular complexity index is 69.0. The van der Waals surface area contributed by atoms with Crippen LogP contribution >= 0.6 is 8.58 Å². The van der Waals surface area contributed by atoms with E-state index >= 15 is 0 Å². The molecule has 0 nitrogen and oxygen atoms in total. The van der Waals surface area contributed by atoms with Crippen molar-refractivity contribution < 1.29 is 0 Å². The lowest BCUT2D eigenvalue weighted by Crippen LogP contribution is -1.94. The van der Waals surface area contributed by atoms with E-state index in [0.717, 1.165) is 14.5 Å². The smallest absolute Gasteiger partial charge is 0.0293 e. The Balaban J connectivity index is 3.04. The Morgan fingerprint density at radius 1 is 1.67 bits per heavy atom. The van der Waals surface area contributed by atoms with Gasteiger partial charge in [-0.15, -0.1) is 0 Å². The summed E-state index contributed by atoms with van der Waals surface area (Å²) < 4.78 is 0. The van der Waals surface area contributed by atoms with Crippen LogP contribution in [0.2, 0.25) is 0 Å². The molecule has 0 N–H and O–H groups in total. The van der Waals surface area contributed by atoms with Crippen LogP contribution in [0.3, 0.4) is 0 Å². The fourth-order valence-corrected chi connectivity index (χ4v) is 1.65. The quantitative estimate of drug-likeness (QED) is 0.519. The van der Waals surface area contributed by atoms with Crippen LogP contribution in [0.5, 0.6) is 0 Å². The van der Waals surface area contributed by atoms with Gasteiger partial charge in [0.05, 0.1) is 0 Å². The minimum absolute atomic E-state index is 0.909. The minimum atomic E-state index is 0.909. The van der Waals surface area contributed by atoms with E-state index in [1.165, 1.54) is 19.0 Å². The highest BCUT2D eigenvalue weighted by Crippen LogP contribution is 2.18. The van der Waals surface area contributed by atoms with Gasteiger partial charge in [-0.2, -0.15) is 0 Å². The van der Waals surface area contributed by atoms with Crippen molar-refractivity contribution in [2.75, 3.05) is 6.16 Å². The highest BCUT2D eigenvalue weighted by Gasteiger charge is 1.96. The topological polar surface area (TPSA) is 0 Å². The maximum Gasteiger partial charge on any atom is -0.0293 e. The van der Waals surface area contributed by atoms with Gasteiger partial charge < -0.3 is 0 Å². The van der Waals surface area contributed by atoms with E-state index in [2.05, 4.69) is 20.4 Å². The first-order valence-electron chi connectivity index (χ1n) is 3.65. The molecule has 0 saturated heterocycles. The van der Waals surface area contributed by atoms with Crippen molar-refractivity contribution >= 4 is 8.58 Å². The van der Waals surface area contributed by atoms with Gasteiger partial charge >= 0.3 is 0 Å². The normalized spacial score (nSPS) is 14.4. The van der Waals surface area contributed by atoms with Crippen molar-refractivity contribution in [3.63, 3.8) is 0 Å². The Kier molecular flexibility index (Phi) is 6.41. The third-order valence-electron chi connectivity index (χ3n) is 1.39. The molecule has 0 aliphatic carbocycles. The monoisotopic (exact) mass is 144 g/mol. The summed E-state index contributed by atoms with van der Waals surface area (Å²) in [5, 5.41) is 0. The second-order valence-corrected chi connectivity index (χ2v) is 3.73. The van der Waals surface area contributed by atoms with Gasteiger partial charge in [0, 0.05) is 0 Å². The number of hydrogen-bond acceptors (Lipinski definition) is 0. The lowest BCUT2D eigenvalue weighted by Gasteiger charge is -2.06. The summed E-state index contributed by atoms with van der Waals surface area (Å²) in [6.07, 6.45) is 4.04.